The van der Waals surface area contributed by atoms with Crippen LogP contribution >= 0.6 is 11.6 Å². The Morgan fingerprint density at radius 1 is 1.30 bits per heavy atom. The van der Waals surface area contributed by atoms with Crippen LogP contribution in [0.2, 0.25) is 5.02 Å². The molecule has 0 radical (unpaired) electrons. The topological polar surface area (TPSA) is 56.3 Å². The molecule has 0 spiro atoms. The summed E-state index contributed by atoms with van der Waals surface area (Å²) in [7, 11) is 3.33. The van der Waals surface area contributed by atoms with Crippen LogP contribution in [-0.4, -0.2) is 24.1 Å². The van der Waals surface area contributed by atoms with Gasteiger partial charge in [0.05, 0.1) is 13.3 Å². The van der Waals surface area contributed by atoms with Crippen molar-refractivity contribution in [3.8, 4) is 17.4 Å². The fourth-order valence-electron chi connectivity index (χ4n) is 1.66. The van der Waals surface area contributed by atoms with Crippen molar-refractivity contribution in [1.82, 2.24) is 9.97 Å². The molecule has 0 saturated carbocycles. The first-order chi connectivity index (χ1) is 9.67. The van der Waals surface area contributed by atoms with E-state index in [-0.39, 0.29) is 5.88 Å². The zero-order valence-electron chi connectivity index (χ0n) is 11.6. The molecule has 5 nitrogen and oxygen atoms in total. The predicted octanol–water partition coefficient (Wildman–Crippen LogP) is 3.54. The predicted molar refractivity (Wildman–Crippen MR) is 79.0 cm³/mol. The Hall–Kier alpha value is -2.01. The zero-order chi connectivity index (χ0) is 14.5. The standard InChI is InChI=1S/C14H16ClN3O2/c1-4-9-5-6-11(12(7-9)19-3)20-13-10(15)8-17-14(16-2)18-13/h5-8H,4H2,1-3H3,(H,16,17,18). The number of benzene rings is 1. The minimum Gasteiger partial charge on any atom is -0.493 e. The second-order valence-electron chi connectivity index (χ2n) is 4.04. The Morgan fingerprint density at radius 2 is 2.10 bits per heavy atom. The highest BCUT2D eigenvalue weighted by atomic mass is 35.5. The molecule has 1 N–H and O–H groups in total. The lowest BCUT2D eigenvalue weighted by Crippen LogP contribution is -1.99. The van der Waals surface area contributed by atoms with Crippen LogP contribution in [0, 0.1) is 0 Å². The Bertz CT molecular complexity index is 605. The van der Waals surface area contributed by atoms with Crippen molar-refractivity contribution in [2.24, 2.45) is 0 Å². The Balaban J connectivity index is 2.34. The molecule has 1 aromatic heterocycles. The highest BCUT2D eigenvalue weighted by Gasteiger charge is 2.11. The molecule has 0 aliphatic carbocycles. The van der Waals surface area contributed by atoms with Gasteiger partial charge in [0.25, 0.3) is 0 Å². The van der Waals surface area contributed by atoms with Crippen LogP contribution in [-0.2, 0) is 6.42 Å². The van der Waals surface area contributed by atoms with Crippen molar-refractivity contribution in [1.29, 1.82) is 0 Å². The summed E-state index contributed by atoms with van der Waals surface area (Å²) in [6.45, 7) is 2.08. The van der Waals surface area contributed by atoms with Crippen LogP contribution in [0.3, 0.4) is 0 Å². The Labute approximate surface area is 122 Å². The van der Waals surface area contributed by atoms with Crippen LogP contribution in [0.15, 0.2) is 24.4 Å². The number of anilines is 1. The first kappa shape index (κ1) is 14.4. The number of hydrogen-bond acceptors (Lipinski definition) is 5. The van der Waals surface area contributed by atoms with E-state index in [1.54, 1.807) is 14.2 Å². The highest BCUT2D eigenvalue weighted by Crippen LogP contribution is 2.34. The molecular weight excluding hydrogens is 278 g/mol. The lowest BCUT2D eigenvalue weighted by Gasteiger charge is -2.12. The van der Waals surface area contributed by atoms with E-state index in [0.29, 0.717) is 22.5 Å². The van der Waals surface area contributed by atoms with E-state index in [1.165, 1.54) is 11.8 Å². The van der Waals surface area contributed by atoms with Gasteiger partial charge in [0, 0.05) is 7.05 Å². The molecule has 2 rings (SSSR count). The molecule has 0 saturated heterocycles. The highest BCUT2D eigenvalue weighted by molar-refractivity contribution is 6.31. The maximum absolute atomic E-state index is 6.04. The summed E-state index contributed by atoms with van der Waals surface area (Å²) in [5.74, 6) is 1.93. The van der Waals surface area contributed by atoms with E-state index in [2.05, 4.69) is 22.2 Å². The van der Waals surface area contributed by atoms with Gasteiger partial charge >= 0.3 is 0 Å². The largest absolute Gasteiger partial charge is 0.493 e. The zero-order valence-corrected chi connectivity index (χ0v) is 12.4. The van der Waals surface area contributed by atoms with Gasteiger partial charge in [-0.25, -0.2) is 4.98 Å². The lowest BCUT2D eigenvalue weighted by atomic mass is 10.1. The molecule has 1 heterocycles. The van der Waals surface area contributed by atoms with E-state index >= 15 is 0 Å². The van der Waals surface area contributed by atoms with Gasteiger partial charge in [-0.05, 0) is 24.1 Å². The van der Waals surface area contributed by atoms with Crippen LogP contribution < -0.4 is 14.8 Å². The minimum atomic E-state index is 0.286. The third kappa shape index (κ3) is 3.11. The Kier molecular flexibility index (Phi) is 4.63. The smallest absolute Gasteiger partial charge is 0.243 e. The molecule has 0 aliphatic rings. The number of halogens is 1. The molecule has 0 fully saturated rings. The molecule has 6 heteroatoms. The molecule has 0 aliphatic heterocycles. The fraction of sp³-hybridized carbons (Fsp3) is 0.286. The number of methoxy groups -OCH3 is 1. The molecule has 1 aromatic carbocycles. The SMILES string of the molecule is CCc1ccc(Oc2nc(NC)ncc2Cl)c(OC)c1. The lowest BCUT2D eigenvalue weighted by molar-refractivity contribution is 0.373. The maximum atomic E-state index is 6.04. The van der Waals surface area contributed by atoms with E-state index < -0.39 is 0 Å². The van der Waals surface area contributed by atoms with Crippen LogP contribution in [0.5, 0.6) is 17.4 Å². The molecule has 20 heavy (non-hydrogen) atoms. The summed E-state index contributed by atoms with van der Waals surface area (Å²) in [6.07, 6.45) is 2.41. The number of rotatable bonds is 5. The van der Waals surface area contributed by atoms with E-state index in [0.717, 1.165) is 6.42 Å². The number of ether oxygens (including phenoxy) is 2. The molecule has 0 amide bonds. The normalized spacial score (nSPS) is 10.2. The summed E-state index contributed by atoms with van der Waals surface area (Å²) in [5, 5.41) is 3.17. The number of hydrogen-bond donors (Lipinski definition) is 1. The van der Waals surface area contributed by atoms with Crippen molar-refractivity contribution in [2.75, 3.05) is 19.5 Å². The average molecular weight is 294 g/mol. The molecule has 0 atom stereocenters. The Morgan fingerprint density at radius 3 is 2.75 bits per heavy atom. The molecule has 106 valence electrons. The van der Waals surface area contributed by atoms with Gasteiger partial charge in [-0.2, -0.15) is 4.98 Å². The van der Waals surface area contributed by atoms with Crippen molar-refractivity contribution >= 4 is 17.5 Å². The quantitative estimate of drug-likeness (QED) is 0.914. The van der Waals surface area contributed by atoms with Crippen molar-refractivity contribution < 1.29 is 9.47 Å². The number of aryl methyl sites for hydroxylation is 1. The monoisotopic (exact) mass is 293 g/mol. The second kappa shape index (κ2) is 6.43. The molecule has 2 aromatic rings. The number of nitrogens with one attached hydrogen (secondary N) is 1. The van der Waals surface area contributed by atoms with E-state index in [1.807, 2.05) is 18.2 Å². The average Bonchev–Trinajstić information content (AvgIpc) is 2.49. The van der Waals surface area contributed by atoms with Gasteiger partial charge in [-0.1, -0.05) is 24.6 Å². The van der Waals surface area contributed by atoms with Gasteiger partial charge in [0.1, 0.15) is 5.02 Å². The summed E-state index contributed by atoms with van der Waals surface area (Å²) in [4.78, 5) is 8.18. The van der Waals surface area contributed by atoms with Crippen LogP contribution in [0.4, 0.5) is 5.95 Å². The van der Waals surface area contributed by atoms with Gasteiger partial charge in [0.2, 0.25) is 11.8 Å². The maximum Gasteiger partial charge on any atom is 0.243 e. The third-order valence-electron chi connectivity index (χ3n) is 2.78. The van der Waals surface area contributed by atoms with Crippen LogP contribution in [0.25, 0.3) is 0 Å². The summed E-state index contributed by atoms with van der Waals surface area (Å²) >= 11 is 6.04. The molecule has 0 bridgehead atoms. The van der Waals surface area contributed by atoms with Gasteiger partial charge < -0.3 is 14.8 Å². The van der Waals surface area contributed by atoms with E-state index in [4.69, 9.17) is 21.1 Å². The second-order valence-corrected chi connectivity index (χ2v) is 4.44. The summed E-state index contributed by atoms with van der Waals surface area (Å²) in [5.41, 5.74) is 1.17. The molecular formula is C14H16ClN3O2. The summed E-state index contributed by atoms with van der Waals surface area (Å²) < 4.78 is 11.1. The molecule has 0 unspecified atom stereocenters. The minimum absolute atomic E-state index is 0.286. The first-order valence-electron chi connectivity index (χ1n) is 6.23. The van der Waals surface area contributed by atoms with Gasteiger partial charge in [-0.15, -0.1) is 0 Å². The first-order valence-corrected chi connectivity index (χ1v) is 6.60. The fourth-order valence-corrected chi connectivity index (χ4v) is 1.79. The van der Waals surface area contributed by atoms with Crippen molar-refractivity contribution in [3.63, 3.8) is 0 Å². The van der Waals surface area contributed by atoms with Crippen LogP contribution in [0.1, 0.15) is 12.5 Å². The van der Waals surface area contributed by atoms with Crippen molar-refractivity contribution in [3.05, 3.63) is 35.0 Å². The number of aromatic nitrogens is 2. The van der Waals surface area contributed by atoms with Gasteiger partial charge in [0.15, 0.2) is 11.5 Å². The number of nitrogens with zero attached hydrogens (tertiary/aromatic N) is 2. The summed E-state index contributed by atoms with van der Waals surface area (Å²) in [6, 6.07) is 5.75. The van der Waals surface area contributed by atoms with E-state index in [9.17, 15) is 0 Å². The van der Waals surface area contributed by atoms with Gasteiger partial charge in [-0.3, -0.25) is 0 Å². The van der Waals surface area contributed by atoms with Crippen molar-refractivity contribution in [2.45, 2.75) is 13.3 Å². The third-order valence-corrected chi connectivity index (χ3v) is 3.04.